The first-order valence-electron chi connectivity index (χ1n) is 6.13. The lowest BCUT2D eigenvalue weighted by Crippen LogP contribution is -2.46. The van der Waals surface area contributed by atoms with Gasteiger partial charge in [-0.2, -0.15) is 13.2 Å². The van der Waals surface area contributed by atoms with Crippen LogP contribution < -0.4 is 0 Å². The first-order valence-corrected chi connectivity index (χ1v) is 6.13. The molecule has 1 aromatic heterocycles. The molecule has 1 aliphatic rings. The van der Waals surface area contributed by atoms with Gasteiger partial charge in [0, 0.05) is 12.1 Å². The highest BCUT2D eigenvalue weighted by molar-refractivity contribution is 5.18. The zero-order valence-corrected chi connectivity index (χ0v) is 9.88. The summed E-state index contributed by atoms with van der Waals surface area (Å²) >= 11 is 0. The van der Waals surface area contributed by atoms with E-state index in [0.717, 1.165) is 12.5 Å². The molecule has 1 saturated carbocycles. The van der Waals surface area contributed by atoms with Crippen molar-refractivity contribution in [2.75, 3.05) is 0 Å². The number of hydrogen-bond donors (Lipinski definition) is 0. The van der Waals surface area contributed by atoms with Crippen molar-refractivity contribution in [3.8, 4) is 0 Å². The minimum absolute atomic E-state index is 0.270. The molecular formula is C13H15F4N. The molecule has 1 heterocycles. The molecule has 1 aliphatic carbocycles. The van der Waals surface area contributed by atoms with E-state index >= 15 is 0 Å². The molecule has 1 aromatic rings. The third-order valence-electron chi connectivity index (χ3n) is 3.62. The topological polar surface area (TPSA) is 12.9 Å². The van der Waals surface area contributed by atoms with E-state index in [1.807, 2.05) is 0 Å². The first kappa shape index (κ1) is 13.3. The van der Waals surface area contributed by atoms with E-state index in [9.17, 15) is 17.6 Å². The third-order valence-corrected chi connectivity index (χ3v) is 3.62. The normalized spacial score (nSPS) is 21.6. The predicted octanol–water partition coefficient (Wildman–Crippen LogP) is 4.39. The Balaban J connectivity index is 2.40. The van der Waals surface area contributed by atoms with E-state index in [1.54, 1.807) is 0 Å². The molecule has 1 unspecified atom stereocenters. The van der Waals surface area contributed by atoms with Crippen molar-refractivity contribution >= 4 is 0 Å². The molecule has 1 nitrogen and oxygen atoms in total. The highest BCUT2D eigenvalue weighted by atomic mass is 19.4. The van der Waals surface area contributed by atoms with Gasteiger partial charge in [-0.25, -0.2) is 4.39 Å². The molecule has 1 atom stereocenters. The van der Waals surface area contributed by atoms with Gasteiger partial charge in [-0.1, -0.05) is 25.3 Å². The SMILES string of the molecule is FC(F)(F)C(F)(c1ccccn1)C1CCCCC1. The van der Waals surface area contributed by atoms with E-state index in [4.69, 9.17) is 0 Å². The minimum Gasteiger partial charge on any atom is -0.258 e. The van der Waals surface area contributed by atoms with Gasteiger partial charge in [0.25, 0.3) is 0 Å². The largest absolute Gasteiger partial charge is 0.428 e. The summed E-state index contributed by atoms with van der Waals surface area (Å²) in [6, 6.07) is 4.01. The quantitative estimate of drug-likeness (QED) is 0.719. The van der Waals surface area contributed by atoms with Crippen LogP contribution in [0.3, 0.4) is 0 Å². The maximum atomic E-state index is 14.7. The van der Waals surface area contributed by atoms with Crippen LogP contribution >= 0.6 is 0 Å². The fourth-order valence-corrected chi connectivity index (χ4v) is 2.66. The highest BCUT2D eigenvalue weighted by Gasteiger charge is 2.62. The van der Waals surface area contributed by atoms with Gasteiger partial charge in [-0.05, 0) is 25.0 Å². The maximum Gasteiger partial charge on any atom is 0.428 e. The number of halogens is 4. The van der Waals surface area contributed by atoms with E-state index < -0.39 is 23.5 Å². The molecule has 0 radical (unpaired) electrons. The fraction of sp³-hybridized carbons (Fsp3) is 0.615. The van der Waals surface area contributed by atoms with Crippen LogP contribution in [0.5, 0.6) is 0 Å². The van der Waals surface area contributed by atoms with Gasteiger partial charge in [0.05, 0.1) is 5.69 Å². The van der Waals surface area contributed by atoms with Gasteiger partial charge in [-0.15, -0.1) is 0 Å². The zero-order chi connectivity index (χ0) is 13.2. The van der Waals surface area contributed by atoms with Crippen LogP contribution in [-0.4, -0.2) is 11.2 Å². The van der Waals surface area contributed by atoms with E-state index in [2.05, 4.69) is 4.98 Å². The molecule has 100 valence electrons. The van der Waals surface area contributed by atoms with Crippen molar-refractivity contribution in [1.82, 2.24) is 4.98 Å². The average molecular weight is 261 g/mol. The molecule has 0 saturated heterocycles. The first-order chi connectivity index (χ1) is 8.46. The Morgan fingerprint density at radius 2 is 1.67 bits per heavy atom. The molecule has 0 spiro atoms. The molecular weight excluding hydrogens is 246 g/mol. The summed E-state index contributed by atoms with van der Waals surface area (Å²) in [5, 5.41) is 0. The van der Waals surface area contributed by atoms with Gasteiger partial charge in [0.1, 0.15) is 0 Å². The van der Waals surface area contributed by atoms with Crippen molar-refractivity contribution in [2.45, 2.75) is 43.9 Å². The monoisotopic (exact) mass is 261 g/mol. The van der Waals surface area contributed by atoms with Crippen LogP contribution in [0.1, 0.15) is 37.8 Å². The second-order valence-corrected chi connectivity index (χ2v) is 4.76. The van der Waals surface area contributed by atoms with Crippen LogP contribution in [0.15, 0.2) is 24.4 Å². The summed E-state index contributed by atoms with van der Waals surface area (Å²) in [5.74, 6) is -1.01. The number of pyridine rings is 1. The summed E-state index contributed by atoms with van der Waals surface area (Å²) in [6.45, 7) is 0. The third kappa shape index (κ3) is 2.22. The number of nitrogens with zero attached hydrogens (tertiary/aromatic N) is 1. The lowest BCUT2D eigenvalue weighted by atomic mass is 9.75. The Labute approximate surface area is 103 Å². The zero-order valence-electron chi connectivity index (χ0n) is 9.88. The highest BCUT2D eigenvalue weighted by Crippen LogP contribution is 2.51. The number of alkyl halides is 4. The Bertz CT molecular complexity index is 384. The summed E-state index contributed by atoms with van der Waals surface area (Å²) < 4.78 is 54.2. The van der Waals surface area contributed by atoms with Crippen LogP contribution in [-0.2, 0) is 5.67 Å². The maximum absolute atomic E-state index is 14.7. The standard InChI is InChI=1S/C13H15F4N/c14-12(13(15,16)17,10-6-2-1-3-7-10)11-8-4-5-9-18-11/h4-5,8-10H,1-3,6-7H2. The Hall–Kier alpha value is -1.13. The lowest BCUT2D eigenvalue weighted by Gasteiger charge is -2.37. The van der Waals surface area contributed by atoms with Crippen LogP contribution in [0.25, 0.3) is 0 Å². The number of hydrogen-bond acceptors (Lipinski definition) is 1. The summed E-state index contributed by atoms with van der Waals surface area (Å²) in [6.07, 6.45) is -0.980. The average Bonchev–Trinajstić information content (AvgIpc) is 2.38. The molecule has 0 aromatic carbocycles. The van der Waals surface area contributed by atoms with E-state index in [0.29, 0.717) is 12.8 Å². The lowest BCUT2D eigenvalue weighted by molar-refractivity contribution is -0.259. The summed E-state index contributed by atoms with van der Waals surface area (Å²) in [7, 11) is 0. The van der Waals surface area contributed by atoms with E-state index in [1.165, 1.54) is 18.3 Å². The van der Waals surface area contributed by atoms with E-state index in [-0.39, 0.29) is 12.8 Å². The number of aromatic nitrogens is 1. The molecule has 0 N–H and O–H groups in total. The van der Waals surface area contributed by atoms with Crippen molar-refractivity contribution < 1.29 is 17.6 Å². The van der Waals surface area contributed by atoms with Gasteiger partial charge >= 0.3 is 6.18 Å². The second-order valence-electron chi connectivity index (χ2n) is 4.76. The smallest absolute Gasteiger partial charge is 0.258 e. The molecule has 0 bridgehead atoms. The van der Waals surface area contributed by atoms with Gasteiger partial charge < -0.3 is 0 Å². The Morgan fingerprint density at radius 3 is 2.17 bits per heavy atom. The van der Waals surface area contributed by atoms with Crippen molar-refractivity contribution in [3.63, 3.8) is 0 Å². The minimum atomic E-state index is -4.91. The van der Waals surface area contributed by atoms with Crippen molar-refractivity contribution in [1.29, 1.82) is 0 Å². The second kappa shape index (κ2) is 4.86. The summed E-state index contributed by atoms with van der Waals surface area (Å²) in [5.41, 5.74) is -3.82. The Kier molecular flexibility index (Phi) is 3.59. The van der Waals surface area contributed by atoms with Crippen LogP contribution in [0.4, 0.5) is 17.6 Å². The molecule has 5 heteroatoms. The molecule has 1 fully saturated rings. The van der Waals surface area contributed by atoms with Gasteiger partial charge in [0.15, 0.2) is 0 Å². The molecule has 2 rings (SSSR count). The molecule has 0 amide bonds. The Morgan fingerprint density at radius 1 is 1.00 bits per heavy atom. The van der Waals surface area contributed by atoms with Crippen molar-refractivity contribution in [3.05, 3.63) is 30.1 Å². The van der Waals surface area contributed by atoms with Crippen molar-refractivity contribution in [2.24, 2.45) is 5.92 Å². The van der Waals surface area contributed by atoms with Gasteiger partial charge in [0.2, 0.25) is 5.67 Å². The summed E-state index contributed by atoms with van der Waals surface area (Å²) in [4.78, 5) is 3.60. The molecule has 0 aliphatic heterocycles. The number of rotatable bonds is 2. The fourth-order valence-electron chi connectivity index (χ4n) is 2.66. The van der Waals surface area contributed by atoms with Crippen LogP contribution in [0.2, 0.25) is 0 Å². The predicted molar refractivity (Wildman–Crippen MR) is 59.7 cm³/mol. The molecule has 18 heavy (non-hydrogen) atoms. The van der Waals surface area contributed by atoms with Gasteiger partial charge in [-0.3, -0.25) is 4.98 Å². The van der Waals surface area contributed by atoms with Crippen LogP contribution in [0, 0.1) is 5.92 Å².